The molecule has 142 valence electrons. The van der Waals surface area contributed by atoms with Crippen molar-refractivity contribution in [1.82, 2.24) is 15.2 Å². The Labute approximate surface area is 167 Å². The topological polar surface area (TPSA) is 54.5 Å². The molecule has 2 aromatic carbocycles. The zero-order chi connectivity index (χ0) is 19.2. The van der Waals surface area contributed by atoms with E-state index < -0.39 is 0 Å². The van der Waals surface area contributed by atoms with Crippen LogP contribution in [0, 0.1) is 0 Å². The second-order valence-corrected chi connectivity index (χ2v) is 8.55. The van der Waals surface area contributed by atoms with Crippen LogP contribution < -0.4 is 10.1 Å². The number of nitrogens with one attached hydrogen (secondary N) is 1. The van der Waals surface area contributed by atoms with E-state index in [-0.39, 0.29) is 11.9 Å². The van der Waals surface area contributed by atoms with Crippen LogP contribution in [-0.4, -0.2) is 49.3 Å². The Hall–Kier alpha value is -2.09. The predicted molar refractivity (Wildman–Crippen MR) is 113 cm³/mol. The van der Waals surface area contributed by atoms with Gasteiger partial charge in [-0.3, -0.25) is 4.79 Å². The van der Waals surface area contributed by atoms with E-state index in [0.717, 1.165) is 25.9 Å². The van der Waals surface area contributed by atoms with E-state index in [1.807, 2.05) is 56.6 Å². The largest absolute Gasteiger partial charge is 0.497 e. The molecule has 1 N–H and O–H groups in total. The molecule has 0 saturated heterocycles. The molecule has 0 spiro atoms. The summed E-state index contributed by atoms with van der Waals surface area (Å²) >= 11 is 3.10. The molecule has 0 bridgehead atoms. The van der Waals surface area contributed by atoms with Crippen molar-refractivity contribution in [3.05, 3.63) is 54.1 Å². The zero-order valence-electron chi connectivity index (χ0n) is 15.6. The van der Waals surface area contributed by atoms with E-state index >= 15 is 0 Å². The number of aromatic nitrogens is 1. The number of thioether (sulfide) groups is 1. The average Bonchev–Trinajstić information content (AvgIpc) is 3.09. The second kappa shape index (κ2) is 9.21. The van der Waals surface area contributed by atoms with Crippen LogP contribution in [0.1, 0.15) is 11.6 Å². The van der Waals surface area contributed by atoms with Gasteiger partial charge in [0.05, 0.1) is 29.1 Å². The number of hydrogen-bond acceptors (Lipinski definition) is 6. The molecule has 1 unspecified atom stereocenters. The van der Waals surface area contributed by atoms with Crippen molar-refractivity contribution >= 4 is 39.2 Å². The Morgan fingerprint density at radius 1 is 1.26 bits per heavy atom. The van der Waals surface area contributed by atoms with Crippen LogP contribution in [0.4, 0.5) is 0 Å². The summed E-state index contributed by atoms with van der Waals surface area (Å²) in [7, 11) is 5.67. The number of amides is 1. The molecule has 0 radical (unpaired) electrons. The fraction of sp³-hybridized carbons (Fsp3) is 0.300. The Balaban J connectivity index is 1.55. The van der Waals surface area contributed by atoms with Gasteiger partial charge in [0.1, 0.15) is 5.75 Å². The number of para-hydroxylation sites is 1. The van der Waals surface area contributed by atoms with Crippen LogP contribution in [0.2, 0.25) is 0 Å². The van der Waals surface area contributed by atoms with E-state index in [0.29, 0.717) is 12.3 Å². The highest BCUT2D eigenvalue weighted by atomic mass is 32.2. The Morgan fingerprint density at radius 2 is 2.07 bits per heavy atom. The van der Waals surface area contributed by atoms with Crippen molar-refractivity contribution in [2.45, 2.75) is 10.4 Å². The molecule has 1 amide bonds. The van der Waals surface area contributed by atoms with Crippen LogP contribution in [0.3, 0.4) is 0 Å². The number of thiazole rings is 1. The smallest absolute Gasteiger partial charge is 0.230 e. The van der Waals surface area contributed by atoms with Crippen LogP contribution in [0.25, 0.3) is 10.2 Å². The molecule has 7 heteroatoms. The van der Waals surface area contributed by atoms with Gasteiger partial charge in [0.15, 0.2) is 4.34 Å². The summed E-state index contributed by atoms with van der Waals surface area (Å²) in [6.07, 6.45) is 0. The standard InChI is InChI=1S/C20H23N3O2S2/c1-23(2)17(14-7-6-8-15(11-14)25-3)12-21-19(24)13-26-20-22-16-9-4-5-10-18(16)27-20/h4-11,17H,12-13H2,1-3H3,(H,21,24). The minimum absolute atomic E-state index is 0.00834. The van der Waals surface area contributed by atoms with Gasteiger partial charge in [-0.2, -0.15) is 0 Å². The van der Waals surface area contributed by atoms with Crippen molar-refractivity contribution in [1.29, 1.82) is 0 Å². The fourth-order valence-corrected chi connectivity index (χ4v) is 4.65. The SMILES string of the molecule is COc1cccc(C(CNC(=O)CSc2nc3ccccc3s2)N(C)C)c1. The number of carbonyl (C=O) groups is 1. The van der Waals surface area contributed by atoms with E-state index in [2.05, 4.69) is 21.3 Å². The van der Waals surface area contributed by atoms with Gasteiger partial charge >= 0.3 is 0 Å². The van der Waals surface area contributed by atoms with Gasteiger partial charge in [-0.05, 0) is 43.9 Å². The summed E-state index contributed by atoms with van der Waals surface area (Å²) < 4.78 is 7.37. The lowest BCUT2D eigenvalue weighted by Gasteiger charge is -2.25. The van der Waals surface area contributed by atoms with E-state index in [1.54, 1.807) is 18.4 Å². The van der Waals surface area contributed by atoms with E-state index in [9.17, 15) is 4.79 Å². The molecule has 0 aliphatic carbocycles. The van der Waals surface area contributed by atoms with Gasteiger partial charge in [-0.25, -0.2) is 4.98 Å². The minimum atomic E-state index is 0.00834. The quantitative estimate of drug-likeness (QED) is 0.582. The summed E-state index contributed by atoms with van der Waals surface area (Å²) in [4.78, 5) is 19.0. The number of fused-ring (bicyclic) bond motifs is 1. The second-order valence-electron chi connectivity index (χ2n) is 6.30. The summed E-state index contributed by atoms with van der Waals surface area (Å²) in [5.41, 5.74) is 2.09. The number of nitrogens with zero attached hydrogens (tertiary/aromatic N) is 2. The van der Waals surface area contributed by atoms with Gasteiger partial charge < -0.3 is 15.0 Å². The molecule has 1 heterocycles. The number of rotatable bonds is 8. The van der Waals surface area contributed by atoms with Crippen molar-refractivity contribution in [3.8, 4) is 5.75 Å². The average molecular weight is 402 g/mol. The highest BCUT2D eigenvalue weighted by Crippen LogP contribution is 2.29. The Morgan fingerprint density at radius 3 is 2.81 bits per heavy atom. The molecule has 0 fully saturated rings. The molecule has 3 aromatic rings. The van der Waals surface area contributed by atoms with Gasteiger partial charge in [-0.1, -0.05) is 36.0 Å². The van der Waals surface area contributed by atoms with Crippen LogP contribution >= 0.6 is 23.1 Å². The summed E-state index contributed by atoms with van der Waals surface area (Å²) in [6, 6.07) is 16.0. The first-order chi connectivity index (χ1) is 13.1. The highest BCUT2D eigenvalue weighted by Gasteiger charge is 2.16. The van der Waals surface area contributed by atoms with Gasteiger partial charge in [-0.15, -0.1) is 11.3 Å². The van der Waals surface area contributed by atoms with Gasteiger partial charge in [0, 0.05) is 6.54 Å². The van der Waals surface area contributed by atoms with Crippen LogP contribution in [-0.2, 0) is 4.79 Å². The minimum Gasteiger partial charge on any atom is -0.497 e. The third-order valence-corrected chi connectivity index (χ3v) is 6.37. The summed E-state index contributed by atoms with van der Waals surface area (Å²) in [5.74, 6) is 1.18. The van der Waals surface area contributed by atoms with Crippen molar-refractivity contribution in [2.24, 2.45) is 0 Å². The molecule has 3 rings (SSSR count). The van der Waals surface area contributed by atoms with E-state index in [1.165, 1.54) is 11.8 Å². The maximum absolute atomic E-state index is 12.3. The molecule has 5 nitrogen and oxygen atoms in total. The van der Waals surface area contributed by atoms with Crippen molar-refractivity contribution in [3.63, 3.8) is 0 Å². The van der Waals surface area contributed by atoms with Crippen LogP contribution in [0.15, 0.2) is 52.9 Å². The number of hydrogen-bond donors (Lipinski definition) is 1. The number of methoxy groups -OCH3 is 1. The lowest BCUT2D eigenvalue weighted by atomic mass is 10.1. The van der Waals surface area contributed by atoms with Crippen molar-refractivity contribution in [2.75, 3.05) is 33.5 Å². The lowest BCUT2D eigenvalue weighted by Crippen LogP contribution is -2.35. The predicted octanol–water partition coefficient (Wildman–Crippen LogP) is 3.82. The molecule has 0 saturated carbocycles. The third-order valence-electron chi connectivity index (χ3n) is 4.20. The number of likely N-dealkylation sites (N-methyl/N-ethyl adjacent to an activating group) is 1. The monoisotopic (exact) mass is 401 g/mol. The number of carbonyl (C=O) groups excluding carboxylic acids is 1. The van der Waals surface area contributed by atoms with Crippen molar-refractivity contribution < 1.29 is 9.53 Å². The molecule has 27 heavy (non-hydrogen) atoms. The Bertz CT molecular complexity index is 878. The first-order valence-electron chi connectivity index (χ1n) is 8.62. The normalized spacial score (nSPS) is 12.3. The zero-order valence-corrected chi connectivity index (χ0v) is 17.3. The third kappa shape index (κ3) is 5.22. The Kier molecular flexibility index (Phi) is 6.71. The lowest BCUT2D eigenvalue weighted by molar-refractivity contribution is -0.118. The molecule has 0 aliphatic rings. The fourth-order valence-electron chi connectivity index (χ4n) is 2.75. The molecule has 1 aromatic heterocycles. The molecular formula is C20H23N3O2S2. The number of benzene rings is 2. The summed E-state index contributed by atoms with van der Waals surface area (Å²) in [5, 5.41) is 3.04. The molecule has 1 atom stereocenters. The maximum Gasteiger partial charge on any atom is 0.230 e. The highest BCUT2D eigenvalue weighted by molar-refractivity contribution is 8.01. The summed E-state index contributed by atoms with van der Waals surface area (Å²) in [6.45, 7) is 0.541. The van der Waals surface area contributed by atoms with Gasteiger partial charge in [0.25, 0.3) is 0 Å². The van der Waals surface area contributed by atoms with Crippen LogP contribution in [0.5, 0.6) is 5.75 Å². The number of ether oxygens (including phenoxy) is 1. The molecule has 0 aliphatic heterocycles. The maximum atomic E-state index is 12.3. The first-order valence-corrected chi connectivity index (χ1v) is 10.4. The first kappa shape index (κ1) is 19.7. The van der Waals surface area contributed by atoms with Gasteiger partial charge in [0.2, 0.25) is 5.91 Å². The van der Waals surface area contributed by atoms with E-state index in [4.69, 9.17) is 4.74 Å². The molecular weight excluding hydrogens is 378 g/mol.